The van der Waals surface area contributed by atoms with Crippen molar-refractivity contribution in [1.82, 2.24) is 0 Å². The highest BCUT2D eigenvalue weighted by Crippen LogP contribution is 1.95. The standard InChI is InChI=1S/C4H8Br2.C3H9NO/c5-3-1-2-4-6;1-3(4)2-5/h1-4H2;3,5H,2,4H2,1H3/t;3-/m.0/s1. The Hall–Kier alpha value is 0.880. The highest BCUT2D eigenvalue weighted by atomic mass is 79.9. The van der Waals surface area contributed by atoms with Crippen molar-refractivity contribution in [2.45, 2.75) is 25.8 Å². The van der Waals surface area contributed by atoms with Gasteiger partial charge in [-0.1, -0.05) is 31.9 Å². The lowest BCUT2D eigenvalue weighted by molar-refractivity contribution is 0.273. The van der Waals surface area contributed by atoms with Gasteiger partial charge in [-0.15, -0.1) is 0 Å². The van der Waals surface area contributed by atoms with Crippen LogP contribution in [0.3, 0.4) is 0 Å². The summed E-state index contributed by atoms with van der Waals surface area (Å²) in [6.07, 6.45) is 2.57. The van der Waals surface area contributed by atoms with E-state index in [1.54, 1.807) is 6.92 Å². The third-order valence-corrected chi connectivity index (χ3v) is 1.93. The summed E-state index contributed by atoms with van der Waals surface area (Å²) >= 11 is 6.66. The van der Waals surface area contributed by atoms with Crippen LogP contribution >= 0.6 is 31.9 Å². The van der Waals surface area contributed by atoms with Gasteiger partial charge in [0.25, 0.3) is 0 Å². The average molecular weight is 291 g/mol. The molecule has 0 aliphatic carbocycles. The Morgan fingerprint density at radius 3 is 1.64 bits per heavy atom. The van der Waals surface area contributed by atoms with E-state index >= 15 is 0 Å². The molecule has 0 unspecified atom stereocenters. The van der Waals surface area contributed by atoms with Crippen molar-refractivity contribution in [2.75, 3.05) is 17.3 Å². The number of alkyl halides is 2. The van der Waals surface area contributed by atoms with Crippen LogP contribution in [-0.4, -0.2) is 28.4 Å². The van der Waals surface area contributed by atoms with Crippen molar-refractivity contribution in [3.8, 4) is 0 Å². The molecule has 0 rings (SSSR count). The van der Waals surface area contributed by atoms with Crippen molar-refractivity contribution in [1.29, 1.82) is 0 Å². The summed E-state index contributed by atoms with van der Waals surface area (Å²) in [5, 5.41) is 10.3. The molecule has 0 amide bonds. The molecule has 0 fully saturated rings. The third-order valence-electron chi connectivity index (χ3n) is 0.805. The Kier molecular flexibility index (Phi) is 17.6. The zero-order valence-electron chi connectivity index (χ0n) is 6.89. The minimum atomic E-state index is -0.0602. The number of hydrogen-bond donors (Lipinski definition) is 2. The summed E-state index contributed by atoms with van der Waals surface area (Å²) in [6.45, 7) is 1.83. The summed E-state index contributed by atoms with van der Waals surface area (Å²) in [7, 11) is 0. The van der Waals surface area contributed by atoms with E-state index in [0.29, 0.717) is 0 Å². The molecule has 0 spiro atoms. The number of nitrogens with two attached hydrogens (primary N) is 1. The van der Waals surface area contributed by atoms with Crippen LogP contribution in [0.25, 0.3) is 0 Å². The van der Waals surface area contributed by atoms with Crippen molar-refractivity contribution >= 4 is 31.9 Å². The number of halogens is 2. The number of hydrogen-bond acceptors (Lipinski definition) is 2. The van der Waals surface area contributed by atoms with Gasteiger partial charge < -0.3 is 10.8 Å². The Labute approximate surface area is 85.8 Å². The molecule has 0 saturated carbocycles. The van der Waals surface area contributed by atoms with Crippen LogP contribution in [0.4, 0.5) is 0 Å². The molecule has 70 valence electrons. The first-order valence-corrected chi connectivity index (χ1v) is 5.91. The molecular formula is C7H17Br2NO. The van der Waals surface area contributed by atoms with E-state index < -0.39 is 0 Å². The van der Waals surface area contributed by atoms with E-state index in [1.807, 2.05) is 0 Å². The topological polar surface area (TPSA) is 46.2 Å². The molecule has 3 N–H and O–H groups in total. The number of aliphatic hydroxyl groups is 1. The first kappa shape index (κ1) is 14.4. The van der Waals surface area contributed by atoms with E-state index in [2.05, 4.69) is 31.9 Å². The maximum atomic E-state index is 8.02. The molecule has 11 heavy (non-hydrogen) atoms. The van der Waals surface area contributed by atoms with Crippen molar-refractivity contribution in [2.24, 2.45) is 5.73 Å². The van der Waals surface area contributed by atoms with E-state index in [9.17, 15) is 0 Å². The predicted molar refractivity (Wildman–Crippen MR) is 57.6 cm³/mol. The normalized spacial score (nSPS) is 11.7. The van der Waals surface area contributed by atoms with E-state index in [-0.39, 0.29) is 12.6 Å². The molecule has 4 heteroatoms. The van der Waals surface area contributed by atoms with Crippen molar-refractivity contribution in [3.63, 3.8) is 0 Å². The van der Waals surface area contributed by atoms with Gasteiger partial charge in [-0.25, -0.2) is 0 Å². The second-order valence-corrected chi connectivity index (χ2v) is 3.83. The van der Waals surface area contributed by atoms with Crippen LogP contribution in [0, 0.1) is 0 Å². The number of rotatable bonds is 4. The lowest BCUT2D eigenvalue weighted by atomic mass is 10.4. The SMILES string of the molecule is BrCCCCBr.C[C@H](N)CO. The summed E-state index contributed by atoms with van der Waals surface area (Å²) in [5.74, 6) is 0. The highest BCUT2D eigenvalue weighted by molar-refractivity contribution is 9.09. The molecule has 0 radical (unpaired) electrons. The van der Waals surface area contributed by atoms with Crippen molar-refractivity contribution in [3.05, 3.63) is 0 Å². The average Bonchev–Trinajstić information content (AvgIpc) is 2.02. The molecule has 0 bridgehead atoms. The van der Waals surface area contributed by atoms with Crippen LogP contribution in [-0.2, 0) is 0 Å². The maximum Gasteiger partial charge on any atom is 0.0579 e. The molecule has 0 aromatic heterocycles. The second kappa shape index (κ2) is 13.5. The molecule has 0 saturated heterocycles. The van der Waals surface area contributed by atoms with Crippen LogP contribution in [0.5, 0.6) is 0 Å². The molecule has 0 aromatic carbocycles. The Morgan fingerprint density at radius 2 is 1.55 bits per heavy atom. The fourth-order valence-electron chi connectivity index (χ4n) is 0.189. The predicted octanol–water partition coefficient (Wildman–Crippen LogP) is 1.88. The molecule has 1 atom stereocenters. The van der Waals surface area contributed by atoms with Gasteiger partial charge >= 0.3 is 0 Å². The van der Waals surface area contributed by atoms with Gasteiger partial charge in [0.2, 0.25) is 0 Å². The zero-order chi connectivity index (χ0) is 9.11. The van der Waals surface area contributed by atoms with Gasteiger partial charge in [-0.2, -0.15) is 0 Å². The summed E-state index contributed by atoms with van der Waals surface area (Å²) in [5.41, 5.74) is 5.04. The Morgan fingerprint density at radius 1 is 1.27 bits per heavy atom. The molecule has 2 nitrogen and oxygen atoms in total. The highest BCUT2D eigenvalue weighted by Gasteiger charge is 1.81. The van der Waals surface area contributed by atoms with Gasteiger partial charge in [-0.05, 0) is 19.8 Å². The second-order valence-electron chi connectivity index (χ2n) is 2.24. The molecular weight excluding hydrogens is 274 g/mol. The number of aliphatic hydroxyl groups excluding tert-OH is 1. The Balaban J connectivity index is 0. The molecule has 0 aromatic rings. The minimum absolute atomic E-state index is 0.0602. The van der Waals surface area contributed by atoms with Crippen LogP contribution in [0.2, 0.25) is 0 Å². The maximum absolute atomic E-state index is 8.02. The summed E-state index contributed by atoms with van der Waals surface area (Å²) in [6, 6.07) is -0.0602. The monoisotopic (exact) mass is 289 g/mol. The van der Waals surface area contributed by atoms with Gasteiger partial charge in [0.15, 0.2) is 0 Å². The van der Waals surface area contributed by atoms with E-state index in [1.165, 1.54) is 12.8 Å². The largest absolute Gasteiger partial charge is 0.395 e. The van der Waals surface area contributed by atoms with Crippen molar-refractivity contribution < 1.29 is 5.11 Å². The fraction of sp³-hybridized carbons (Fsp3) is 1.00. The van der Waals surface area contributed by atoms with Crippen LogP contribution in [0.1, 0.15) is 19.8 Å². The summed E-state index contributed by atoms with van der Waals surface area (Å²) in [4.78, 5) is 0. The van der Waals surface area contributed by atoms with E-state index in [0.717, 1.165) is 10.7 Å². The van der Waals surface area contributed by atoms with E-state index in [4.69, 9.17) is 10.8 Å². The van der Waals surface area contributed by atoms with Gasteiger partial charge in [-0.3, -0.25) is 0 Å². The first-order valence-electron chi connectivity index (χ1n) is 3.67. The lowest BCUT2D eigenvalue weighted by Crippen LogP contribution is -2.18. The smallest absolute Gasteiger partial charge is 0.0579 e. The third kappa shape index (κ3) is 24.8. The first-order chi connectivity index (χ1) is 5.18. The minimum Gasteiger partial charge on any atom is -0.395 e. The van der Waals surface area contributed by atoms with Gasteiger partial charge in [0.05, 0.1) is 6.61 Å². The van der Waals surface area contributed by atoms with Crippen LogP contribution in [0.15, 0.2) is 0 Å². The molecule has 0 aliphatic rings. The fourth-order valence-corrected chi connectivity index (χ4v) is 0.982. The quantitative estimate of drug-likeness (QED) is 0.613. The molecule has 0 aliphatic heterocycles. The number of unbranched alkanes of at least 4 members (excludes halogenated alkanes) is 1. The van der Waals surface area contributed by atoms with Gasteiger partial charge in [0, 0.05) is 16.7 Å². The zero-order valence-corrected chi connectivity index (χ0v) is 10.1. The van der Waals surface area contributed by atoms with Crippen LogP contribution < -0.4 is 5.73 Å². The Bertz CT molecular complexity index is 58.4. The summed E-state index contributed by atoms with van der Waals surface area (Å²) < 4.78 is 0. The van der Waals surface area contributed by atoms with Gasteiger partial charge in [0.1, 0.15) is 0 Å². The lowest BCUT2D eigenvalue weighted by Gasteiger charge is -1.91. The molecule has 0 heterocycles.